The maximum absolute atomic E-state index is 12.8. The fourth-order valence-electron chi connectivity index (χ4n) is 2.73. The van der Waals surface area contributed by atoms with E-state index in [0.29, 0.717) is 4.83 Å². The number of aryl methyl sites for hydroxylation is 1. The van der Waals surface area contributed by atoms with E-state index in [1.807, 2.05) is 30.3 Å². The minimum atomic E-state index is -0.739. The molecule has 0 saturated heterocycles. The molecule has 148 valence electrons. The standard InChI is InChI=1S/C19H20N2O6S/c1-20-17-13(16(22)21(19(20)24)10-15(25-2)26-3)9-14(28-17)18(23)27-11-12-7-5-4-6-8-12/h4-9,15H,10-11H2,1-3H3. The van der Waals surface area contributed by atoms with Crippen molar-refractivity contribution in [3.05, 3.63) is 67.7 Å². The Morgan fingerprint density at radius 3 is 2.46 bits per heavy atom. The number of esters is 1. The molecule has 8 nitrogen and oxygen atoms in total. The number of thiophene rings is 1. The molecule has 0 bridgehead atoms. The van der Waals surface area contributed by atoms with Gasteiger partial charge in [0, 0.05) is 21.3 Å². The van der Waals surface area contributed by atoms with Crippen molar-refractivity contribution >= 4 is 27.5 Å². The van der Waals surface area contributed by atoms with Crippen molar-refractivity contribution in [1.29, 1.82) is 0 Å². The largest absolute Gasteiger partial charge is 0.457 e. The van der Waals surface area contributed by atoms with Crippen LogP contribution < -0.4 is 11.2 Å². The van der Waals surface area contributed by atoms with Crippen LogP contribution in [0.15, 0.2) is 46.0 Å². The summed E-state index contributed by atoms with van der Waals surface area (Å²) < 4.78 is 17.8. The molecule has 2 heterocycles. The third-order valence-corrected chi connectivity index (χ3v) is 5.47. The number of methoxy groups -OCH3 is 2. The van der Waals surface area contributed by atoms with E-state index < -0.39 is 23.5 Å². The number of fused-ring (bicyclic) bond motifs is 1. The lowest BCUT2D eigenvalue weighted by atomic mass is 10.2. The highest BCUT2D eigenvalue weighted by atomic mass is 32.1. The Hall–Kier alpha value is -2.75. The average Bonchev–Trinajstić information content (AvgIpc) is 3.17. The zero-order chi connectivity index (χ0) is 20.3. The van der Waals surface area contributed by atoms with E-state index in [1.54, 1.807) is 7.05 Å². The molecular weight excluding hydrogens is 384 g/mol. The second-order valence-electron chi connectivity index (χ2n) is 6.05. The van der Waals surface area contributed by atoms with Crippen LogP contribution in [-0.2, 0) is 34.4 Å². The van der Waals surface area contributed by atoms with Crippen LogP contribution in [0.4, 0.5) is 0 Å². The van der Waals surface area contributed by atoms with Crippen molar-refractivity contribution in [1.82, 2.24) is 9.13 Å². The molecule has 28 heavy (non-hydrogen) atoms. The maximum atomic E-state index is 12.8. The summed E-state index contributed by atoms with van der Waals surface area (Å²) in [6.45, 7) is 0.0680. The monoisotopic (exact) mass is 404 g/mol. The lowest BCUT2D eigenvalue weighted by Crippen LogP contribution is -2.42. The van der Waals surface area contributed by atoms with Crippen molar-refractivity contribution in [2.45, 2.75) is 19.4 Å². The number of benzene rings is 1. The summed E-state index contributed by atoms with van der Waals surface area (Å²) in [4.78, 5) is 38.4. The van der Waals surface area contributed by atoms with Gasteiger partial charge in [-0.25, -0.2) is 9.59 Å². The van der Waals surface area contributed by atoms with E-state index >= 15 is 0 Å². The van der Waals surface area contributed by atoms with Crippen LogP contribution in [0.2, 0.25) is 0 Å². The minimum absolute atomic E-state index is 0.0575. The van der Waals surface area contributed by atoms with E-state index in [9.17, 15) is 14.4 Å². The first-order valence-corrected chi connectivity index (χ1v) is 9.28. The number of aromatic nitrogens is 2. The second kappa shape index (κ2) is 8.51. The minimum Gasteiger partial charge on any atom is -0.457 e. The van der Waals surface area contributed by atoms with Gasteiger partial charge in [0.1, 0.15) is 16.3 Å². The van der Waals surface area contributed by atoms with Crippen LogP contribution in [0.1, 0.15) is 15.2 Å². The van der Waals surface area contributed by atoms with Gasteiger partial charge in [-0.3, -0.25) is 13.9 Å². The summed E-state index contributed by atoms with van der Waals surface area (Å²) in [5.41, 5.74) is -0.157. The van der Waals surface area contributed by atoms with E-state index in [-0.39, 0.29) is 23.4 Å². The summed E-state index contributed by atoms with van der Waals surface area (Å²) in [7, 11) is 4.39. The van der Waals surface area contributed by atoms with E-state index in [2.05, 4.69) is 0 Å². The zero-order valence-electron chi connectivity index (χ0n) is 15.7. The lowest BCUT2D eigenvalue weighted by Gasteiger charge is -2.15. The highest BCUT2D eigenvalue weighted by Crippen LogP contribution is 2.23. The van der Waals surface area contributed by atoms with Crippen LogP contribution >= 0.6 is 11.3 Å². The Morgan fingerprint density at radius 1 is 1.14 bits per heavy atom. The third-order valence-electron chi connectivity index (χ3n) is 4.28. The van der Waals surface area contributed by atoms with Gasteiger partial charge in [0.25, 0.3) is 5.56 Å². The zero-order valence-corrected chi connectivity index (χ0v) is 16.5. The van der Waals surface area contributed by atoms with E-state index in [0.717, 1.165) is 21.5 Å². The SMILES string of the molecule is COC(Cn1c(=O)c2cc(C(=O)OCc3ccccc3)sc2n(C)c1=O)OC. The summed E-state index contributed by atoms with van der Waals surface area (Å²) in [5.74, 6) is -0.546. The molecular formula is C19H20N2O6S. The molecule has 3 aromatic rings. The summed E-state index contributed by atoms with van der Waals surface area (Å²) in [6.07, 6.45) is -0.739. The first-order chi connectivity index (χ1) is 13.5. The van der Waals surface area contributed by atoms with Gasteiger partial charge in [0.2, 0.25) is 0 Å². The molecule has 0 fully saturated rings. The van der Waals surface area contributed by atoms with E-state index in [4.69, 9.17) is 14.2 Å². The molecule has 0 radical (unpaired) electrons. The topological polar surface area (TPSA) is 88.8 Å². The molecule has 3 rings (SSSR count). The van der Waals surface area contributed by atoms with Crippen LogP contribution in [0.25, 0.3) is 10.2 Å². The molecule has 0 unspecified atom stereocenters. The van der Waals surface area contributed by atoms with Crippen LogP contribution in [-0.4, -0.2) is 35.6 Å². The number of ether oxygens (including phenoxy) is 3. The number of rotatable bonds is 7. The quantitative estimate of drug-likeness (QED) is 0.440. The van der Waals surface area contributed by atoms with Gasteiger partial charge in [-0.1, -0.05) is 30.3 Å². The van der Waals surface area contributed by atoms with Gasteiger partial charge in [0.05, 0.1) is 11.9 Å². The van der Waals surface area contributed by atoms with Crippen molar-refractivity contribution in [3.8, 4) is 0 Å². The summed E-state index contributed by atoms with van der Waals surface area (Å²) in [6, 6.07) is 10.7. The summed E-state index contributed by atoms with van der Waals surface area (Å²) in [5, 5.41) is 0.268. The highest BCUT2D eigenvalue weighted by Gasteiger charge is 2.20. The second-order valence-corrected chi connectivity index (χ2v) is 7.08. The van der Waals surface area contributed by atoms with Crippen molar-refractivity contribution in [3.63, 3.8) is 0 Å². The molecule has 0 atom stereocenters. The van der Waals surface area contributed by atoms with E-state index in [1.165, 1.54) is 24.9 Å². The smallest absolute Gasteiger partial charge is 0.348 e. The van der Waals surface area contributed by atoms with Gasteiger partial charge >= 0.3 is 11.7 Å². The molecule has 0 aliphatic heterocycles. The van der Waals surface area contributed by atoms with Gasteiger partial charge < -0.3 is 14.2 Å². The Labute approximate surface area is 164 Å². The summed E-state index contributed by atoms with van der Waals surface area (Å²) >= 11 is 1.05. The molecule has 0 amide bonds. The van der Waals surface area contributed by atoms with Gasteiger partial charge in [0.15, 0.2) is 6.29 Å². The number of hydrogen-bond donors (Lipinski definition) is 0. The Balaban J connectivity index is 1.93. The highest BCUT2D eigenvalue weighted by molar-refractivity contribution is 7.20. The van der Waals surface area contributed by atoms with Crippen LogP contribution in [0.3, 0.4) is 0 Å². The molecule has 0 saturated carbocycles. The van der Waals surface area contributed by atoms with Crippen LogP contribution in [0.5, 0.6) is 0 Å². The molecule has 2 aromatic heterocycles. The first-order valence-electron chi connectivity index (χ1n) is 8.46. The van der Waals surface area contributed by atoms with Gasteiger partial charge in [-0.05, 0) is 11.6 Å². The number of carbonyl (C=O) groups is 1. The molecule has 0 aliphatic carbocycles. The molecule has 0 spiro atoms. The van der Waals surface area contributed by atoms with Gasteiger partial charge in [-0.2, -0.15) is 0 Å². The predicted octanol–water partition coefficient (Wildman–Crippen LogP) is 1.74. The maximum Gasteiger partial charge on any atom is 0.348 e. The van der Waals surface area contributed by atoms with Crippen molar-refractivity contribution < 1.29 is 19.0 Å². The Morgan fingerprint density at radius 2 is 1.82 bits per heavy atom. The predicted molar refractivity (Wildman–Crippen MR) is 105 cm³/mol. The first kappa shape index (κ1) is 20.0. The lowest BCUT2D eigenvalue weighted by molar-refractivity contribution is -0.111. The Kier molecular flexibility index (Phi) is 6.08. The fourth-order valence-corrected chi connectivity index (χ4v) is 3.73. The normalized spacial score (nSPS) is 11.3. The van der Waals surface area contributed by atoms with Gasteiger partial charge in [-0.15, -0.1) is 11.3 Å². The molecule has 0 aliphatic rings. The fraction of sp³-hybridized carbons (Fsp3) is 0.316. The third kappa shape index (κ3) is 3.91. The average molecular weight is 404 g/mol. The van der Waals surface area contributed by atoms with Crippen LogP contribution in [0, 0.1) is 0 Å². The molecule has 9 heteroatoms. The number of nitrogens with zero attached hydrogens (tertiary/aromatic N) is 2. The Bertz CT molecular complexity index is 1100. The van der Waals surface area contributed by atoms with Crippen molar-refractivity contribution in [2.24, 2.45) is 7.05 Å². The van der Waals surface area contributed by atoms with Crippen molar-refractivity contribution in [2.75, 3.05) is 14.2 Å². The number of carbonyl (C=O) groups excluding carboxylic acids is 1. The number of hydrogen-bond acceptors (Lipinski definition) is 7. The molecule has 0 N–H and O–H groups in total. The molecule has 1 aromatic carbocycles.